The lowest BCUT2D eigenvalue weighted by molar-refractivity contribution is -0.165. The van der Waals surface area contributed by atoms with E-state index in [-0.39, 0.29) is 0 Å². The normalized spacial score (nSPS) is 13.0. The smallest absolute Gasteiger partial charge is 0.335 e. The van der Waals surface area contributed by atoms with Crippen LogP contribution in [0.15, 0.2) is 0 Å². The van der Waals surface area contributed by atoms with Crippen molar-refractivity contribution in [3.05, 3.63) is 0 Å². The minimum Gasteiger partial charge on any atom is -0.480 e. The molecule has 0 saturated heterocycles. The Hall–Kier alpha value is -1.71. The summed E-state index contributed by atoms with van der Waals surface area (Å²) >= 11 is 0. The van der Waals surface area contributed by atoms with Crippen molar-refractivity contribution in [2.45, 2.75) is 12.2 Å². The van der Waals surface area contributed by atoms with E-state index in [2.05, 4.69) is 0 Å². The number of hydrogen-bond acceptors (Lipinski definition) is 6. The van der Waals surface area contributed by atoms with Crippen LogP contribution in [0.5, 0.6) is 0 Å². The standard InChI is InChI=1S/C4H6O6.C2H4O3/c5-1(3(7)8)2(6)4(9)10;3-1-2(4)5/h1-2,5-6H,(H,7,8)(H,9,10);3H,1H2,(H,4,5)/t1-,2-;/m1./s1. The van der Waals surface area contributed by atoms with Gasteiger partial charge in [0.25, 0.3) is 0 Å². The molecular formula is C6H10O9. The fourth-order valence-electron chi connectivity index (χ4n) is 0.270. The van der Waals surface area contributed by atoms with E-state index in [1.807, 2.05) is 0 Å². The monoisotopic (exact) mass is 226 g/mol. The van der Waals surface area contributed by atoms with Crippen molar-refractivity contribution >= 4 is 17.9 Å². The molecule has 0 aromatic carbocycles. The Morgan fingerprint density at radius 1 is 0.867 bits per heavy atom. The molecule has 9 nitrogen and oxygen atoms in total. The first-order valence-electron chi connectivity index (χ1n) is 3.38. The van der Waals surface area contributed by atoms with E-state index in [1.165, 1.54) is 0 Å². The van der Waals surface area contributed by atoms with Crippen molar-refractivity contribution in [3.8, 4) is 0 Å². The van der Waals surface area contributed by atoms with Crippen LogP contribution in [0, 0.1) is 0 Å². The Kier molecular flexibility index (Phi) is 8.05. The summed E-state index contributed by atoms with van der Waals surface area (Å²) in [6, 6.07) is 0. The maximum atomic E-state index is 9.77. The van der Waals surface area contributed by atoms with Crippen molar-refractivity contribution < 1.29 is 45.0 Å². The second kappa shape index (κ2) is 7.67. The van der Waals surface area contributed by atoms with Crippen LogP contribution in [0.25, 0.3) is 0 Å². The summed E-state index contributed by atoms with van der Waals surface area (Å²) in [6.45, 7) is -0.778. The van der Waals surface area contributed by atoms with Gasteiger partial charge in [-0.2, -0.15) is 0 Å². The molecule has 0 amide bonds. The molecule has 0 aliphatic heterocycles. The van der Waals surface area contributed by atoms with Crippen molar-refractivity contribution in [1.82, 2.24) is 0 Å². The Morgan fingerprint density at radius 3 is 1.13 bits per heavy atom. The quantitative estimate of drug-likeness (QED) is 0.291. The minimum atomic E-state index is -2.27. The first-order chi connectivity index (χ1) is 6.73. The van der Waals surface area contributed by atoms with Crippen LogP contribution in [-0.2, 0) is 14.4 Å². The van der Waals surface area contributed by atoms with Crippen LogP contribution in [0.2, 0.25) is 0 Å². The third kappa shape index (κ3) is 8.62. The molecule has 0 aliphatic rings. The number of carboxylic acid groups (broad SMARTS) is 3. The van der Waals surface area contributed by atoms with Gasteiger partial charge in [0.15, 0.2) is 12.2 Å². The largest absolute Gasteiger partial charge is 0.480 e. The SMILES string of the molecule is O=C(O)CO.O=C(O)[C@H](O)[C@@H](O)C(=O)O. The van der Waals surface area contributed by atoms with Crippen LogP contribution in [-0.4, -0.2) is 67.4 Å². The van der Waals surface area contributed by atoms with Crippen LogP contribution in [0.4, 0.5) is 0 Å². The van der Waals surface area contributed by atoms with Gasteiger partial charge in [-0.1, -0.05) is 0 Å². The lowest BCUT2D eigenvalue weighted by Crippen LogP contribution is -2.39. The first kappa shape index (κ1) is 15.7. The van der Waals surface area contributed by atoms with Gasteiger partial charge in [-0.25, -0.2) is 14.4 Å². The van der Waals surface area contributed by atoms with Crippen LogP contribution >= 0.6 is 0 Å². The zero-order valence-electron chi connectivity index (χ0n) is 7.27. The summed E-state index contributed by atoms with van der Waals surface area (Å²) in [5, 5.41) is 47.5. The molecule has 0 aromatic heterocycles. The molecule has 6 N–H and O–H groups in total. The summed E-state index contributed by atoms with van der Waals surface area (Å²) in [4.78, 5) is 28.7. The molecule has 0 rings (SSSR count). The highest BCUT2D eigenvalue weighted by atomic mass is 16.4. The molecule has 15 heavy (non-hydrogen) atoms. The Bertz CT molecular complexity index is 217. The molecule has 0 saturated carbocycles. The van der Waals surface area contributed by atoms with Gasteiger partial charge < -0.3 is 30.6 Å². The Labute approximate surface area is 82.8 Å². The van der Waals surface area contributed by atoms with E-state index in [9.17, 15) is 9.59 Å². The second-order valence-electron chi connectivity index (χ2n) is 2.12. The molecule has 9 heteroatoms. The molecule has 0 bridgehead atoms. The summed E-state index contributed by atoms with van der Waals surface area (Å²) in [5.41, 5.74) is 0. The van der Waals surface area contributed by atoms with E-state index in [4.69, 9.17) is 35.4 Å². The van der Waals surface area contributed by atoms with Crippen LogP contribution < -0.4 is 0 Å². The lowest BCUT2D eigenvalue weighted by Gasteiger charge is -2.07. The van der Waals surface area contributed by atoms with E-state index in [0.29, 0.717) is 0 Å². The Balaban J connectivity index is 0. The predicted octanol–water partition coefficient (Wildman–Crippen LogP) is -3.06. The molecule has 0 heterocycles. The molecule has 88 valence electrons. The number of carbonyl (C=O) groups is 3. The minimum absolute atomic E-state index is 0.778. The van der Waals surface area contributed by atoms with Crippen molar-refractivity contribution in [2.75, 3.05) is 6.61 Å². The van der Waals surface area contributed by atoms with E-state index >= 15 is 0 Å². The van der Waals surface area contributed by atoms with Crippen LogP contribution in [0.3, 0.4) is 0 Å². The van der Waals surface area contributed by atoms with Gasteiger partial charge in [0.1, 0.15) is 6.61 Å². The van der Waals surface area contributed by atoms with Crippen LogP contribution in [0.1, 0.15) is 0 Å². The zero-order chi connectivity index (χ0) is 12.6. The molecule has 0 fully saturated rings. The lowest BCUT2D eigenvalue weighted by atomic mass is 10.2. The molecule has 0 aliphatic carbocycles. The van der Waals surface area contributed by atoms with Gasteiger partial charge in [-0.3, -0.25) is 0 Å². The first-order valence-corrected chi connectivity index (χ1v) is 3.38. The van der Waals surface area contributed by atoms with E-state index in [1.54, 1.807) is 0 Å². The molecular weight excluding hydrogens is 216 g/mol. The van der Waals surface area contributed by atoms with Gasteiger partial charge >= 0.3 is 17.9 Å². The third-order valence-corrected chi connectivity index (χ3v) is 0.940. The highest BCUT2D eigenvalue weighted by Gasteiger charge is 2.29. The fourth-order valence-corrected chi connectivity index (χ4v) is 0.270. The molecule has 0 unspecified atom stereocenters. The summed E-state index contributed by atoms with van der Waals surface area (Å²) < 4.78 is 0. The van der Waals surface area contributed by atoms with Gasteiger partial charge in [0, 0.05) is 0 Å². The van der Waals surface area contributed by atoms with Gasteiger partial charge in [0.2, 0.25) is 0 Å². The second-order valence-corrected chi connectivity index (χ2v) is 2.12. The summed E-state index contributed by atoms with van der Waals surface area (Å²) in [6.07, 6.45) is -4.53. The van der Waals surface area contributed by atoms with E-state index in [0.717, 1.165) is 0 Å². The average Bonchev–Trinajstić information content (AvgIpc) is 2.16. The number of carboxylic acids is 3. The van der Waals surface area contributed by atoms with Gasteiger partial charge in [-0.15, -0.1) is 0 Å². The van der Waals surface area contributed by atoms with Crippen molar-refractivity contribution in [2.24, 2.45) is 0 Å². The highest BCUT2D eigenvalue weighted by Crippen LogP contribution is 1.92. The maximum absolute atomic E-state index is 9.77. The van der Waals surface area contributed by atoms with Crippen molar-refractivity contribution in [3.63, 3.8) is 0 Å². The van der Waals surface area contributed by atoms with E-state index < -0.39 is 36.7 Å². The fraction of sp³-hybridized carbons (Fsp3) is 0.500. The molecule has 0 radical (unpaired) electrons. The number of aliphatic hydroxyl groups excluding tert-OH is 3. The summed E-state index contributed by atoms with van der Waals surface area (Å²) in [5.74, 6) is -4.73. The maximum Gasteiger partial charge on any atom is 0.335 e. The Morgan fingerprint density at radius 2 is 1.07 bits per heavy atom. The van der Waals surface area contributed by atoms with Crippen molar-refractivity contribution in [1.29, 1.82) is 0 Å². The molecule has 0 spiro atoms. The number of rotatable bonds is 4. The number of aliphatic hydroxyl groups is 3. The third-order valence-electron chi connectivity index (χ3n) is 0.940. The highest BCUT2D eigenvalue weighted by molar-refractivity contribution is 5.83. The average molecular weight is 226 g/mol. The molecule has 2 atom stereocenters. The summed E-state index contributed by atoms with van der Waals surface area (Å²) in [7, 11) is 0. The number of hydrogen-bond donors (Lipinski definition) is 6. The van der Waals surface area contributed by atoms with Gasteiger partial charge in [0.05, 0.1) is 0 Å². The molecule has 0 aromatic rings. The topological polar surface area (TPSA) is 173 Å². The predicted molar refractivity (Wildman–Crippen MR) is 42.0 cm³/mol. The number of aliphatic carboxylic acids is 3. The van der Waals surface area contributed by atoms with Gasteiger partial charge in [-0.05, 0) is 0 Å². The zero-order valence-corrected chi connectivity index (χ0v) is 7.27.